The summed E-state index contributed by atoms with van der Waals surface area (Å²) in [7, 11) is 0. The summed E-state index contributed by atoms with van der Waals surface area (Å²) < 4.78 is 0. The minimum atomic E-state index is -0.343. The molecule has 0 bridgehead atoms. The Balaban J connectivity index is 2.86. The third kappa shape index (κ3) is 3.38. The maximum atomic E-state index is 11.6. The van der Waals surface area contributed by atoms with Crippen LogP contribution in [0.3, 0.4) is 0 Å². The molecule has 82 valence electrons. The molecule has 0 aromatic heterocycles. The number of rotatable bonds is 3. The maximum absolute atomic E-state index is 11.6. The molecule has 0 unspecified atom stereocenters. The van der Waals surface area contributed by atoms with Gasteiger partial charge in [0.15, 0.2) is 0 Å². The zero-order chi connectivity index (χ0) is 11.4. The third-order valence-electron chi connectivity index (χ3n) is 1.82. The van der Waals surface area contributed by atoms with Crippen molar-refractivity contribution in [2.75, 3.05) is 6.61 Å². The van der Waals surface area contributed by atoms with Gasteiger partial charge < -0.3 is 10.4 Å². The summed E-state index contributed by atoms with van der Waals surface area (Å²) in [5, 5.41) is 12.1. The third-order valence-corrected chi connectivity index (χ3v) is 2.39. The molecular weight excluding hydrogens is 237 g/mol. The van der Waals surface area contributed by atoms with Crippen LogP contribution in [0.4, 0.5) is 0 Å². The molecule has 1 aromatic rings. The second-order valence-electron chi connectivity index (χ2n) is 3.18. The zero-order valence-electron chi connectivity index (χ0n) is 8.13. The molecule has 0 aliphatic heterocycles. The van der Waals surface area contributed by atoms with Gasteiger partial charge in [-0.15, -0.1) is 0 Å². The summed E-state index contributed by atoms with van der Waals surface area (Å²) in [5.74, 6) is -0.343. The van der Waals surface area contributed by atoms with Crippen LogP contribution in [0.1, 0.15) is 17.3 Å². The highest BCUT2D eigenvalue weighted by Crippen LogP contribution is 2.20. The minimum Gasteiger partial charge on any atom is -0.394 e. The molecule has 5 heteroatoms. The van der Waals surface area contributed by atoms with Crippen LogP contribution in [-0.2, 0) is 0 Å². The molecule has 1 aromatic carbocycles. The van der Waals surface area contributed by atoms with E-state index in [-0.39, 0.29) is 18.6 Å². The quantitative estimate of drug-likeness (QED) is 0.860. The molecule has 1 amide bonds. The Kier molecular flexibility index (Phi) is 4.39. The summed E-state index contributed by atoms with van der Waals surface area (Å²) in [6, 6.07) is 4.34. The normalized spacial score (nSPS) is 12.3. The molecule has 1 atom stereocenters. The lowest BCUT2D eigenvalue weighted by atomic mass is 10.2. The molecule has 0 saturated heterocycles. The number of aliphatic hydroxyl groups excluding tert-OH is 1. The van der Waals surface area contributed by atoms with Crippen molar-refractivity contribution < 1.29 is 9.90 Å². The van der Waals surface area contributed by atoms with E-state index in [2.05, 4.69) is 5.32 Å². The Morgan fingerprint density at radius 2 is 2.20 bits per heavy atom. The number of carbonyl (C=O) groups excluding carboxylic acids is 1. The van der Waals surface area contributed by atoms with Crippen molar-refractivity contribution in [1.82, 2.24) is 5.32 Å². The highest BCUT2D eigenvalue weighted by atomic mass is 35.5. The van der Waals surface area contributed by atoms with Gasteiger partial charge in [-0.25, -0.2) is 0 Å². The van der Waals surface area contributed by atoms with E-state index >= 15 is 0 Å². The fourth-order valence-corrected chi connectivity index (χ4v) is 1.39. The van der Waals surface area contributed by atoms with Gasteiger partial charge in [0.1, 0.15) is 0 Å². The molecule has 3 nitrogen and oxygen atoms in total. The fourth-order valence-electron chi connectivity index (χ4n) is 1.02. The van der Waals surface area contributed by atoms with E-state index in [4.69, 9.17) is 28.3 Å². The van der Waals surface area contributed by atoms with Crippen molar-refractivity contribution in [1.29, 1.82) is 0 Å². The Hall–Kier alpha value is -0.770. The van der Waals surface area contributed by atoms with E-state index in [1.807, 2.05) is 0 Å². The van der Waals surface area contributed by atoms with Gasteiger partial charge >= 0.3 is 0 Å². The fraction of sp³-hybridized carbons (Fsp3) is 0.300. The predicted molar refractivity (Wildman–Crippen MR) is 60.5 cm³/mol. The van der Waals surface area contributed by atoms with E-state index in [1.165, 1.54) is 6.07 Å². The van der Waals surface area contributed by atoms with Gasteiger partial charge in [-0.3, -0.25) is 4.79 Å². The highest BCUT2D eigenvalue weighted by molar-refractivity contribution is 6.35. The number of hydrogen-bond acceptors (Lipinski definition) is 2. The topological polar surface area (TPSA) is 49.3 Å². The summed E-state index contributed by atoms with van der Waals surface area (Å²) in [4.78, 5) is 11.6. The molecule has 1 rings (SSSR count). The number of carbonyl (C=O) groups is 1. The van der Waals surface area contributed by atoms with Gasteiger partial charge in [0.25, 0.3) is 5.91 Å². The molecule has 2 N–H and O–H groups in total. The smallest absolute Gasteiger partial charge is 0.253 e. The van der Waals surface area contributed by atoms with Crippen molar-refractivity contribution in [3.8, 4) is 0 Å². The molecular formula is C10H11Cl2NO2. The number of halogens is 2. The SMILES string of the molecule is C[C@@H](CO)NC(=O)c1cc(Cl)ccc1Cl. The first-order chi connectivity index (χ1) is 7.04. The standard InChI is InChI=1S/C10H11Cl2NO2/c1-6(5-14)13-10(15)8-4-7(11)2-3-9(8)12/h2-4,6,14H,5H2,1H3,(H,13,15)/t6-/m0/s1. The van der Waals surface area contributed by atoms with Crippen molar-refractivity contribution >= 4 is 29.1 Å². The van der Waals surface area contributed by atoms with Crippen LogP contribution in [0.25, 0.3) is 0 Å². The van der Waals surface area contributed by atoms with Gasteiger partial charge in [-0.2, -0.15) is 0 Å². The molecule has 0 radical (unpaired) electrons. The molecule has 0 aliphatic carbocycles. The van der Waals surface area contributed by atoms with Gasteiger partial charge in [0.2, 0.25) is 0 Å². The lowest BCUT2D eigenvalue weighted by Crippen LogP contribution is -2.35. The molecule has 0 fully saturated rings. The molecule has 0 heterocycles. The van der Waals surface area contributed by atoms with Crippen LogP contribution < -0.4 is 5.32 Å². The van der Waals surface area contributed by atoms with Crippen LogP contribution in [-0.4, -0.2) is 23.7 Å². The summed E-state index contributed by atoms with van der Waals surface area (Å²) in [6.45, 7) is 1.57. The average molecular weight is 248 g/mol. The summed E-state index contributed by atoms with van der Waals surface area (Å²) >= 11 is 11.6. The average Bonchev–Trinajstić information content (AvgIpc) is 2.21. The first-order valence-electron chi connectivity index (χ1n) is 4.41. The summed E-state index contributed by atoms with van der Waals surface area (Å²) in [5.41, 5.74) is 0.310. The van der Waals surface area contributed by atoms with Crippen molar-refractivity contribution in [3.63, 3.8) is 0 Å². The van der Waals surface area contributed by atoms with E-state index in [1.54, 1.807) is 19.1 Å². The van der Waals surface area contributed by atoms with Gasteiger partial charge in [-0.05, 0) is 25.1 Å². The van der Waals surface area contributed by atoms with Crippen LogP contribution >= 0.6 is 23.2 Å². The van der Waals surface area contributed by atoms with Gasteiger partial charge in [0.05, 0.1) is 17.2 Å². The lowest BCUT2D eigenvalue weighted by molar-refractivity contribution is 0.0922. The zero-order valence-corrected chi connectivity index (χ0v) is 9.64. The Morgan fingerprint density at radius 3 is 2.80 bits per heavy atom. The lowest BCUT2D eigenvalue weighted by Gasteiger charge is -2.11. The van der Waals surface area contributed by atoms with Crippen molar-refractivity contribution in [3.05, 3.63) is 33.8 Å². The monoisotopic (exact) mass is 247 g/mol. The van der Waals surface area contributed by atoms with Crippen molar-refractivity contribution in [2.24, 2.45) is 0 Å². The van der Waals surface area contributed by atoms with Gasteiger partial charge in [0, 0.05) is 11.1 Å². The van der Waals surface area contributed by atoms with E-state index in [0.717, 1.165) is 0 Å². The number of benzene rings is 1. The Labute approximate surface area is 98.0 Å². The Bertz CT molecular complexity index is 368. The molecule has 0 aliphatic rings. The molecule has 0 saturated carbocycles. The number of nitrogens with one attached hydrogen (secondary N) is 1. The minimum absolute atomic E-state index is 0.121. The van der Waals surface area contributed by atoms with E-state index < -0.39 is 0 Å². The Morgan fingerprint density at radius 1 is 1.53 bits per heavy atom. The van der Waals surface area contributed by atoms with Gasteiger partial charge in [-0.1, -0.05) is 23.2 Å². The highest BCUT2D eigenvalue weighted by Gasteiger charge is 2.12. The largest absolute Gasteiger partial charge is 0.394 e. The number of hydrogen-bond donors (Lipinski definition) is 2. The van der Waals surface area contributed by atoms with Crippen molar-refractivity contribution in [2.45, 2.75) is 13.0 Å². The first kappa shape index (κ1) is 12.3. The van der Waals surface area contributed by atoms with Crippen LogP contribution in [0.5, 0.6) is 0 Å². The van der Waals surface area contributed by atoms with Crippen LogP contribution in [0.15, 0.2) is 18.2 Å². The van der Waals surface area contributed by atoms with Crippen LogP contribution in [0, 0.1) is 0 Å². The summed E-state index contributed by atoms with van der Waals surface area (Å²) in [6.07, 6.45) is 0. The molecule has 15 heavy (non-hydrogen) atoms. The number of aliphatic hydroxyl groups is 1. The van der Waals surface area contributed by atoms with Crippen LogP contribution in [0.2, 0.25) is 10.0 Å². The van der Waals surface area contributed by atoms with E-state index in [0.29, 0.717) is 15.6 Å². The second kappa shape index (κ2) is 5.35. The second-order valence-corrected chi connectivity index (χ2v) is 4.02. The predicted octanol–water partition coefficient (Wildman–Crippen LogP) is 2.10. The molecule has 0 spiro atoms. The first-order valence-corrected chi connectivity index (χ1v) is 5.17. The van der Waals surface area contributed by atoms with E-state index in [9.17, 15) is 4.79 Å². The maximum Gasteiger partial charge on any atom is 0.253 e. The number of amides is 1.